The number of aryl methyl sites for hydroxylation is 1. The fraction of sp³-hybridized carbons (Fsp3) is 0.526. The largest absolute Gasteiger partial charge is 0.340 e. The van der Waals surface area contributed by atoms with Crippen molar-refractivity contribution in [3.63, 3.8) is 0 Å². The second-order valence-electron chi connectivity index (χ2n) is 6.70. The Kier molecular flexibility index (Phi) is 7.62. The molecule has 0 saturated carbocycles. The van der Waals surface area contributed by atoms with Gasteiger partial charge in [0.05, 0.1) is 13.1 Å². The summed E-state index contributed by atoms with van der Waals surface area (Å²) in [5, 5.41) is 3.36. The van der Waals surface area contributed by atoms with Gasteiger partial charge < -0.3 is 15.1 Å². The van der Waals surface area contributed by atoms with Crippen LogP contribution in [0, 0.1) is 6.92 Å². The third kappa shape index (κ3) is 6.22. The fourth-order valence-electron chi connectivity index (χ4n) is 2.98. The Bertz CT molecular complexity index is 702. The summed E-state index contributed by atoms with van der Waals surface area (Å²) in [6, 6.07) is 5.29. The zero-order chi connectivity index (χ0) is 20.0. The van der Waals surface area contributed by atoms with E-state index in [2.05, 4.69) is 5.32 Å². The minimum Gasteiger partial charge on any atom is -0.340 e. The minimum absolute atomic E-state index is 0.00526. The molecule has 2 rings (SSSR count). The summed E-state index contributed by atoms with van der Waals surface area (Å²) < 4.78 is 0. The first-order valence-corrected chi connectivity index (χ1v) is 9.49. The predicted molar refractivity (Wildman–Crippen MR) is 106 cm³/mol. The van der Waals surface area contributed by atoms with Gasteiger partial charge in [-0.05, 0) is 31.5 Å². The van der Waals surface area contributed by atoms with Crippen LogP contribution in [-0.4, -0.2) is 78.2 Å². The quantitative estimate of drug-likeness (QED) is 0.795. The smallest absolute Gasteiger partial charge is 0.244 e. The second kappa shape index (κ2) is 9.71. The number of piperazine rings is 1. The van der Waals surface area contributed by atoms with E-state index >= 15 is 0 Å². The van der Waals surface area contributed by atoms with Gasteiger partial charge in [-0.25, -0.2) is 0 Å². The zero-order valence-electron chi connectivity index (χ0n) is 16.1. The van der Waals surface area contributed by atoms with Crippen molar-refractivity contribution >= 4 is 35.0 Å². The molecule has 0 radical (unpaired) electrons. The molecule has 1 aromatic rings. The molecule has 1 heterocycles. The molecule has 0 bridgehead atoms. The normalized spacial score (nSPS) is 14.7. The maximum absolute atomic E-state index is 12.6. The number of nitrogens with one attached hydrogen (secondary N) is 1. The molecule has 148 valence electrons. The summed E-state index contributed by atoms with van der Waals surface area (Å²) >= 11 is 5.98. The molecule has 1 aromatic carbocycles. The van der Waals surface area contributed by atoms with Gasteiger partial charge in [-0.15, -0.1) is 0 Å². The van der Waals surface area contributed by atoms with E-state index in [0.717, 1.165) is 5.56 Å². The molecule has 27 heavy (non-hydrogen) atoms. The van der Waals surface area contributed by atoms with Gasteiger partial charge in [-0.1, -0.05) is 17.7 Å². The summed E-state index contributed by atoms with van der Waals surface area (Å²) in [5.74, 6) is -0.284. The third-order valence-electron chi connectivity index (χ3n) is 4.72. The van der Waals surface area contributed by atoms with Crippen LogP contribution in [0.25, 0.3) is 0 Å². The number of anilines is 1. The van der Waals surface area contributed by atoms with E-state index in [9.17, 15) is 14.4 Å². The van der Waals surface area contributed by atoms with Crippen molar-refractivity contribution in [3.8, 4) is 0 Å². The number of carbonyl (C=O) groups is 3. The van der Waals surface area contributed by atoms with Gasteiger partial charge in [-0.3, -0.25) is 19.3 Å². The molecule has 3 amide bonds. The van der Waals surface area contributed by atoms with E-state index in [-0.39, 0.29) is 30.8 Å². The third-order valence-corrected chi connectivity index (χ3v) is 4.95. The van der Waals surface area contributed by atoms with Crippen LogP contribution in [0.5, 0.6) is 0 Å². The molecule has 0 aromatic heterocycles. The van der Waals surface area contributed by atoms with Crippen LogP contribution in [0.15, 0.2) is 18.2 Å². The highest BCUT2D eigenvalue weighted by atomic mass is 35.5. The lowest BCUT2D eigenvalue weighted by molar-refractivity contribution is -0.136. The fourth-order valence-corrected chi connectivity index (χ4v) is 3.15. The van der Waals surface area contributed by atoms with Gasteiger partial charge in [0.1, 0.15) is 0 Å². The molecule has 7 nitrogen and oxygen atoms in total. The molecule has 0 spiro atoms. The number of hydrogen-bond acceptors (Lipinski definition) is 4. The summed E-state index contributed by atoms with van der Waals surface area (Å²) in [4.78, 5) is 41.6. The van der Waals surface area contributed by atoms with Crippen LogP contribution in [0.3, 0.4) is 0 Å². The summed E-state index contributed by atoms with van der Waals surface area (Å²) in [6.07, 6.45) is 0. The monoisotopic (exact) mass is 394 g/mol. The molecule has 1 aliphatic rings. The maximum Gasteiger partial charge on any atom is 0.244 e. The van der Waals surface area contributed by atoms with Crippen LogP contribution in [0.4, 0.5) is 5.69 Å². The van der Waals surface area contributed by atoms with E-state index in [4.69, 9.17) is 11.6 Å². The molecule has 8 heteroatoms. The number of benzene rings is 1. The average molecular weight is 395 g/mol. The molecular weight excluding hydrogens is 368 g/mol. The van der Waals surface area contributed by atoms with Gasteiger partial charge >= 0.3 is 0 Å². The Morgan fingerprint density at radius 2 is 1.85 bits per heavy atom. The highest BCUT2D eigenvalue weighted by molar-refractivity contribution is 6.31. The van der Waals surface area contributed by atoms with Crippen molar-refractivity contribution in [3.05, 3.63) is 28.8 Å². The van der Waals surface area contributed by atoms with Crippen molar-refractivity contribution in [1.82, 2.24) is 14.7 Å². The highest BCUT2D eigenvalue weighted by Gasteiger charge is 2.23. The summed E-state index contributed by atoms with van der Waals surface area (Å²) in [6.45, 7) is 8.57. The lowest BCUT2D eigenvalue weighted by Crippen LogP contribution is -2.51. The minimum atomic E-state index is -0.253. The van der Waals surface area contributed by atoms with Crippen molar-refractivity contribution < 1.29 is 14.4 Å². The molecular formula is C19H27ClN4O3. The molecule has 1 aliphatic heterocycles. The van der Waals surface area contributed by atoms with E-state index in [1.165, 1.54) is 4.90 Å². The average Bonchev–Trinajstić information content (AvgIpc) is 2.63. The van der Waals surface area contributed by atoms with Crippen molar-refractivity contribution in [2.75, 3.05) is 51.1 Å². The first-order valence-electron chi connectivity index (χ1n) is 9.11. The number of amides is 3. The summed E-state index contributed by atoms with van der Waals surface area (Å²) in [7, 11) is 0. The van der Waals surface area contributed by atoms with Crippen LogP contribution in [0.2, 0.25) is 5.02 Å². The number of carbonyl (C=O) groups excluding carboxylic acids is 3. The van der Waals surface area contributed by atoms with Gasteiger partial charge in [0.15, 0.2) is 0 Å². The van der Waals surface area contributed by atoms with Gasteiger partial charge in [-0.2, -0.15) is 0 Å². The van der Waals surface area contributed by atoms with Crippen molar-refractivity contribution in [2.24, 2.45) is 0 Å². The Hall–Kier alpha value is -2.12. The van der Waals surface area contributed by atoms with E-state index < -0.39 is 0 Å². The van der Waals surface area contributed by atoms with Crippen LogP contribution in [-0.2, 0) is 14.4 Å². The van der Waals surface area contributed by atoms with E-state index in [0.29, 0.717) is 43.4 Å². The summed E-state index contributed by atoms with van der Waals surface area (Å²) in [5.41, 5.74) is 1.56. The predicted octanol–water partition coefficient (Wildman–Crippen LogP) is 1.60. The van der Waals surface area contributed by atoms with Crippen LogP contribution < -0.4 is 5.32 Å². The Labute approximate surface area is 165 Å². The lowest BCUT2D eigenvalue weighted by Gasteiger charge is -2.34. The zero-order valence-corrected chi connectivity index (χ0v) is 16.9. The molecule has 1 N–H and O–H groups in total. The van der Waals surface area contributed by atoms with Crippen molar-refractivity contribution in [1.29, 1.82) is 0 Å². The second-order valence-corrected chi connectivity index (χ2v) is 7.13. The number of hydrogen-bond donors (Lipinski definition) is 1. The first kappa shape index (κ1) is 21.2. The van der Waals surface area contributed by atoms with E-state index in [1.807, 2.05) is 24.8 Å². The van der Waals surface area contributed by atoms with Gasteiger partial charge in [0.25, 0.3) is 0 Å². The molecule has 1 saturated heterocycles. The Morgan fingerprint density at radius 1 is 1.19 bits per heavy atom. The Balaban J connectivity index is 1.86. The molecule has 1 fully saturated rings. The highest BCUT2D eigenvalue weighted by Crippen LogP contribution is 2.20. The standard InChI is InChI=1S/C19H27ClN4O3/c1-4-23(12-18(26)21-17-11-16(20)6-5-14(17)2)19(27)13-22-7-9-24(10-8-22)15(3)25/h5-6,11H,4,7-10,12-13H2,1-3H3,(H,21,26). The van der Waals surface area contributed by atoms with Crippen molar-refractivity contribution in [2.45, 2.75) is 20.8 Å². The molecule has 0 atom stereocenters. The van der Waals surface area contributed by atoms with E-state index in [1.54, 1.807) is 24.0 Å². The number of nitrogens with zero attached hydrogens (tertiary/aromatic N) is 3. The number of rotatable bonds is 6. The number of likely N-dealkylation sites (N-methyl/N-ethyl adjacent to an activating group) is 1. The van der Waals surface area contributed by atoms with Gasteiger partial charge in [0.2, 0.25) is 17.7 Å². The number of halogens is 1. The van der Waals surface area contributed by atoms with Crippen LogP contribution in [0.1, 0.15) is 19.4 Å². The van der Waals surface area contributed by atoms with Crippen LogP contribution >= 0.6 is 11.6 Å². The Morgan fingerprint density at radius 3 is 2.44 bits per heavy atom. The lowest BCUT2D eigenvalue weighted by atomic mass is 10.2. The topological polar surface area (TPSA) is 73.0 Å². The first-order chi connectivity index (χ1) is 12.8. The molecule has 0 aliphatic carbocycles. The maximum atomic E-state index is 12.6. The SMILES string of the molecule is CCN(CC(=O)Nc1cc(Cl)ccc1C)C(=O)CN1CCN(C(C)=O)CC1. The van der Waals surface area contributed by atoms with Gasteiger partial charge in [0, 0.05) is 50.4 Å². The molecule has 0 unspecified atom stereocenters.